The fraction of sp³-hybridized carbons (Fsp3) is 0.433. The van der Waals surface area contributed by atoms with Crippen molar-refractivity contribution in [1.29, 1.82) is 0 Å². The second-order valence-corrected chi connectivity index (χ2v) is 10.3. The van der Waals surface area contributed by atoms with Gasteiger partial charge in [-0.25, -0.2) is 14.8 Å². The third kappa shape index (κ3) is 6.76. The van der Waals surface area contributed by atoms with Crippen molar-refractivity contribution < 1.29 is 19.4 Å². The smallest absolute Gasteiger partial charge is 0.319 e. The van der Waals surface area contributed by atoms with Crippen LogP contribution in [0.4, 0.5) is 16.4 Å². The van der Waals surface area contributed by atoms with Crippen molar-refractivity contribution in [1.82, 2.24) is 20.2 Å². The number of aliphatic hydroxyl groups is 1. The predicted molar refractivity (Wildman–Crippen MR) is 153 cm³/mol. The SMILES string of the molecule is CCNC(=O)Nc1ccc([C@@H]2O[C@H](CN3CCN(c4ncccn4)CC3)[C@H](C)[C@H](c3ccc(CO)cc3)O2)cc1. The van der Waals surface area contributed by atoms with Gasteiger partial charge in [0, 0.05) is 68.8 Å². The van der Waals surface area contributed by atoms with Crippen molar-refractivity contribution in [3.63, 3.8) is 0 Å². The largest absolute Gasteiger partial charge is 0.392 e. The molecule has 3 N–H and O–H groups in total. The number of aliphatic hydroxyl groups excluding tert-OH is 1. The maximum absolute atomic E-state index is 11.9. The van der Waals surface area contributed by atoms with Crippen LogP contribution < -0.4 is 15.5 Å². The van der Waals surface area contributed by atoms with Gasteiger partial charge in [-0.05, 0) is 36.2 Å². The van der Waals surface area contributed by atoms with Gasteiger partial charge >= 0.3 is 6.03 Å². The van der Waals surface area contributed by atoms with Crippen LogP contribution in [0.3, 0.4) is 0 Å². The minimum absolute atomic E-state index is 0.00633. The molecule has 4 atom stereocenters. The summed E-state index contributed by atoms with van der Waals surface area (Å²) in [5.41, 5.74) is 3.52. The van der Waals surface area contributed by atoms with E-state index in [0.29, 0.717) is 12.2 Å². The van der Waals surface area contributed by atoms with E-state index in [4.69, 9.17) is 9.47 Å². The molecule has 40 heavy (non-hydrogen) atoms. The minimum atomic E-state index is -0.554. The maximum Gasteiger partial charge on any atom is 0.319 e. The zero-order valence-corrected chi connectivity index (χ0v) is 23.1. The van der Waals surface area contributed by atoms with Gasteiger partial charge in [0.15, 0.2) is 6.29 Å². The summed E-state index contributed by atoms with van der Waals surface area (Å²) in [5, 5.41) is 15.1. The number of amides is 2. The number of carbonyl (C=O) groups is 1. The van der Waals surface area contributed by atoms with E-state index >= 15 is 0 Å². The molecule has 0 unspecified atom stereocenters. The molecule has 10 nitrogen and oxygen atoms in total. The molecule has 2 fully saturated rings. The van der Waals surface area contributed by atoms with Gasteiger partial charge in [0.1, 0.15) is 0 Å². The third-order valence-electron chi connectivity index (χ3n) is 7.55. The molecule has 2 aliphatic rings. The number of aromatic nitrogens is 2. The van der Waals surface area contributed by atoms with Crippen molar-refractivity contribution in [3.8, 4) is 0 Å². The van der Waals surface area contributed by atoms with E-state index in [-0.39, 0.29) is 30.8 Å². The first kappa shape index (κ1) is 28.0. The first-order chi connectivity index (χ1) is 19.5. The number of hydrogen-bond acceptors (Lipinski definition) is 8. The van der Waals surface area contributed by atoms with Crippen LogP contribution in [0.15, 0.2) is 67.0 Å². The number of anilines is 2. The summed E-state index contributed by atoms with van der Waals surface area (Å²) in [6, 6.07) is 17.1. The Morgan fingerprint density at radius 1 is 0.975 bits per heavy atom. The number of carbonyl (C=O) groups excluding carboxylic acids is 1. The van der Waals surface area contributed by atoms with E-state index < -0.39 is 6.29 Å². The number of nitrogens with one attached hydrogen (secondary N) is 2. The molecule has 5 rings (SSSR count). The molecule has 2 aromatic carbocycles. The lowest BCUT2D eigenvalue weighted by Crippen LogP contribution is -2.51. The summed E-state index contributed by atoms with van der Waals surface area (Å²) in [7, 11) is 0. The standard InChI is InChI=1S/C30H38N6O4/c1-3-31-30(38)34-25-11-9-24(10-12-25)28-39-26(21(2)27(40-28)23-7-5-22(20-37)6-8-23)19-35-15-17-36(18-16-35)29-32-13-4-14-33-29/h4-14,21,26-28,37H,3,15-20H2,1-2H3,(H2,31,34,38)/t21-,26+,27+,28+/m0/s1. The molecule has 3 aromatic rings. The van der Waals surface area contributed by atoms with Crippen LogP contribution in [0.1, 0.15) is 42.9 Å². The Labute approximate surface area is 235 Å². The highest BCUT2D eigenvalue weighted by molar-refractivity contribution is 5.89. The van der Waals surface area contributed by atoms with Gasteiger partial charge in [-0.3, -0.25) is 4.90 Å². The van der Waals surface area contributed by atoms with Crippen LogP contribution in [0.5, 0.6) is 0 Å². The molecule has 0 radical (unpaired) electrons. The van der Waals surface area contributed by atoms with E-state index in [1.807, 2.05) is 61.5 Å². The van der Waals surface area contributed by atoms with Crippen molar-refractivity contribution >= 4 is 17.7 Å². The fourth-order valence-electron chi connectivity index (χ4n) is 5.23. The normalized spacial score (nSPS) is 23.5. The highest BCUT2D eigenvalue weighted by atomic mass is 16.7. The number of rotatable bonds is 8. The molecule has 2 aliphatic heterocycles. The van der Waals surface area contributed by atoms with Gasteiger partial charge < -0.3 is 30.1 Å². The molecule has 2 saturated heterocycles. The highest BCUT2D eigenvalue weighted by Gasteiger charge is 2.39. The molecule has 3 heterocycles. The number of nitrogens with zero attached hydrogens (tertiary/aromatic N) is 4. The van der Waals surface area contributed by atoms with Crippen LogP contribution in [-0.2, 0) is 16.1 Å². The summed E-state index contributed by atoms with van der Waals surface area (Å²) < 4.78 is 13.2. The van der Waals surface area contributed by atoms with Crippen molar-refractivity contribution in [2.24, 2.45) is 5.92 Å². The number of benzene rings is 2. The van der Waals surface area contributed by atoms with Crippen LogP contribution in [0.25, 0.3) is 0 Å². The zero-order chi connectivity index (χ0) is 27.9. The van der Waals surface area contributed by atoms with Crippen LogP contribution >= 0.6 is 0 Å². The number of hydrogen-bond donors (Lipinski definition) is 3. The van der Waals surface area contributed by atoms with E-state index in [9.17, 15) is 9.90 Å². The molecule has 1 aromatic heterocycles. The Bertz CT molecular complexity index is 1220. The van der Waals surface area contributed by atoms with Gasteiger partial charge in [-0.1, -0.05) is 43.3 Å². The Kier molecular flexibility index (Phi) is 9.22. The third-order valence-corrected chi connectivity index (χ3v) is 7.55. The first-order valence-electron chi connectivity index (χ1n) is 13.9. The van der Waals surface area contributed by atoms with E-state index in [1.165, 1.54) is 0 Å². The fourth-order valence-corrected chi connectivity index (χ4v) is 5.23. The topological polar surface area (TPSA) is 112 Å². The second kappa shape index (κ2) is 13.2. The molecule has 2 amide bonds. The molecular weight excluding hydrogens is 508 g/mol. The van der Waals surface area contributed by atoms with E-state index in [1.54, 1.807) is 12.4 Å². The van der Waals surface area contributed by atoms with Gasteiger partial charge in [0.2, 0.25) is 5.95 Å². The van der Waals surface area contributed by atoms with Crippen LogP contribution in [0.2, 0.25) is 0 Å². The van der Waals surface area contributed by atoms with Gasteiger partial charge in [-0.15, -0.1) is 0 Å². The van der Waals surface area contributed by atoms with Crippen LogP contribution in [-0.4, -0.2) is 71.4 Å². The molecule has 212 valence electrons. The van der Waals surface area contributed by atoms with E-state index in [2.05, 4.69) is 37.3 Å². The van der Waals surface area contributed by atoms with Crippen molar-refractivity contribution in [3.05, 3.63) is 83.7 Å². The summed E-state index contributed by atoms with van der Waals surface area (Å²) in [6.07, 6.45) is 2.77. The number of urea groups is 1. The lowest BCUT2D eigenvalue weighted by molar-refractivity contribution is -0.276. The minimum Gasteiger partial charge on any atom is -0.392 e. The second-order valence-electron chi connectivity index (χ2n) is 10.3. The summed E-state index contributed by atoms with van der Waals surface area (Å²) in [5.74, 6) is 0.875. The number of piperazine rings is 1. The Balaban J connectivity index is 1.30. The summed E-state index contributed by atoms with van der Waals surface area (Å²) in [4.78, 5) is 25.4. The molecular formula is C30H38N6O4. The zero-order valence-electron chi connectivity index (χ0n) is 23.1. The average Bonchev–Trinajstić information content (AvgIpc) is 2.99. The maximum atomic E-state index is 11.9. The first-order valence-corrected chi connectivity index (χ1v) is 13.9. The van der Waals surface area contributed by atoms with Gasteiger partial charge in [0.25, 0.3) is 0 Å². The Hall–Kier alpha value is -3.57. The molecule has 0 bridgehead atoms. The van der Waals surface area contributed by atoms with E-state index in [0.717, 1.165) is 55.4 Å². The Morgan fingerprint density at radius 3 is 2.30 bits per heavy atom. The average molecular weight is 547 g/mol. The number of ether oxygens (including phenoxy) is 2. The summed E-state index contributed by atoms with van der Waals surface area (Å²) >= 11 is 0. The molecule has 0 spiro atoms. The summed E-state index contributed by atoms with van der Waals surface area (Å²) in [6.45, 7) is 8.91. The lowest BCUT2D eigenvalue weighted by Gasteiger charge is -2.44. The Morgan fingerprint density at radius 2 is 1.65 bits per heavy atom. The monoisotopic (exact) mass is 546 g/mol. The molecule has 0 aliphatic carbocycles. The molecule has 0 saturated carbocycles. The van der Waals surface area contributed by atoms with Crippen LogP contribution in [0, 0.1) is 5.92 Å². The molecule has 10 heteroatoms. The van der Waals surface area contributed by atoms with Gasteiger partial charge in [-0.2, -0.15) is 0 Å². The van der Waals surface area contributed by atoms with Crippen molar-refractivity contribution in [2.45, 2.75) is 39.0 Å². The lowest BCUT2D eigenvalue weighted by atomic mass is 9.90. The van der Waals surface area contributed by atoms with Crippen molar-refractivity contribution in [2.75, 3.05) is 49.5 Å². The predicted octanol–water partition coefficient (Wildman–Crippen LogP) is 3.72. The quantitative estimate of drug-likeness (QED) is 0.392. The highest BCUT2D eigenvalue weighted by Crippen LogP contribution is 2.42. The van der Waals surface area contributed by atoms with Gasteiger partial charge in [0.05, 0.1) is 18.8 Å².